The Kier molecular flexibility index (Phi) is 7.13. The number of aliphatic imine (C=N–C) groups is 1. The van der Waals surface area contributed by atoms with Gasteiger partial charge in [-0.3, -0.25) is 4.99 Å². The van der Waals surface area contributed by atoms with Crippen molar-refractivity contribution >= 4 is 5.96 Å². The maximum Gasteiger partial charge on any atom is 0.191 e. The van der Waals surface area contributed by atoms with Crippen LogP contribution in [0.4, 0.5) is 4.39 Å². The molecule has 1 fully saturated rings. The van der Waals surface area contributed by atoms with Gasteiger partial charge >= 0.3 is 0 Å². The van der Waals surface area contributed by atoms with Crippen molar-refractivity contribution in [1.82, 2.24) is 10.6 Å². The fourth-order valence-corrected chi connectivity index (χ4v) is 2.44. The SMILES string of the molecule is CCC(CNC(=NC)NCC1CCCO1)Oc1ccccc1F. The average Bonchev–Trinajstić information content (AvgIpc) is 3.09. The van der Waals surface area contributed by atoms with E-state index in [2.05, 4.69) is 15.6 Å². The van der Waals surface area contributed by atoms with E-state index in [1.165, 1.54) is 6.07 Å². The van der Waals surface area contributed by atoms with Crippen molar-refractivity contribution in [3.05, 3.63) is 30.1 Å². The highest BCUT2D eigenvalue weighted by atomic mass is 19.1. The van der Waals surface area contributed by atoms with Crippen molar-refractivity contribution < 1.29 is 13.9 Å². The van der Waals surface area contributed by atoms with Crippen LogP contribution >= 0.6 is 0 Å². The minimum Gasteiger partial charge on any atom is -0.486 e. The molecular formula is C17H26FN3O2. The van der Waals surface area contributed by atoms with Crippen LogP contribution in [0.1, 0.15) is 26.2 Å². The summed E-state index contributed by atoms with van der Waals surface area (Å²) in [4.78, 5) is 4.19. The molecule has 1 aromatic carbocycles. The minimum atomic E-state index is -0.341. The van der Waals surface area contributed by atoms with Gasteiger partial charge in [0.2, 0.25) is 0 Å². The van der Waals surface area contributed by atoms with Gasteiger partial charge in [0, 0.05) is 20.2 Å². The maximum absolute atomic E-state index is 13.6. The van der Waals surface area contributed by atoms with E-state index in [1.54, 1.807) is 25.2 Å². The van der Waals surface area contributed by atoms with Crippen LogP contribution in [0.15, 0.2) is 29.3 Å². The van der Waals surface area contributed by atoms with Gasteiger partial charge in [0.1, 0.15) is 6.10 Å². The lowest BCUT2D eigenvalue weighted by Gasteiger charge is -2.21. The number of ether oxygens (including phenoxy) is 2. The van der Waals surface area contributed by atoms with Gasteiger partial charge in [-0.15, -0.1) is 0 Å². The number of nitrogens with one attached hydrogen (secondary N) is 2. The van der Waals surface area contributed by atoms with Gasteiger partial charge in [0.05, 0.1) is 12.6 Å². The topological polar surface area (TPSA) is 54.9 Å². The zero-order valence-electron chi connectivity index (χ0n) is 13.8. The molecule has 0 saturated carbocycles. The summed E-state index contributed by atoms with van der Waals surface area (Å²) in [6, 6.07) is 6.46. The Labute approximate surface area is 137 Å². The van der Waals surface area contributed by atoms with E-state index in [4.69, 9.17) is 9.47 Å². The molecule has 6 heteroatoms. The summed E-state index contributed by atoms with van der Waals surface area (Å²) in [5.41, 5.74) is 0. The second-order valence-corrected chi connectivity index (χ2v) is 5.55. The zero-order valence-corrected chi connectivity index (χ0v) is 13.8. The summed E-state index contributed by atoms with van der Waals surface area (Å²) in [7, 11) is 1.73. The first-order chi connectivity index (χ1) is 11.2. The summed E-state index contributed by atoms with van der Waals surface area (Å²) in [6.07, 6.45) is 3.09. The minimum absolute atomic E-state index is 0.131. The largest absolute Gasteiger partial charge is 0.486 e. The fourth-order valence-electron chi connectivity index (χ4n) is 2.44. The van der Waals surface area contributed by atoms with Crippen LogP contribution in [0, 0.1) is 5.82 Å². The van der Waals surface area contributed by atoms with Crippen molar-refractivity contribution in [2.75, 3.05) is 26.7 Å². The molecule has 0 radical (unpaired) electrons. The second-order valence-electron chi connectivity index (χ2n) is 5.55. The summed E-state index contributed by atoms with van der Waals surface area (Å²) in [6.45, 7) is 4.14. The third kappa shape index (κ3) is 5.71. The number of benzene rings is 1. The quantitative estimate of drug-likeness (QED) is 0.597. The van der Waals surface area contributed by atoms with Crippen LogP contribution in [-0.2, 0) is 4.74 Å². The Balaban J connectivity index is 1.77. The highest BCUT2D eigenvalue weighted by molar-refractivity contribution is 5.79. The molecule has 2 unspecified atom stereocenters. The lowest BCUT2D eigenvalue weighted by Crippen LogP contribution is -2.44. The molecule has 5 nitrogen and oxygen atoms in total. The Morgan fingerprint density at radius 1 is 1.43 bits per heavy atom. The van der Waals surface area contributed by atoms with Gasteiger partial charge in [0.25, 0.3) is 0 Å². The Morgan fingerprint density at radius 3 is 2.91 bits per heavy atom. The molecule has 128 valence electrons. The first-order valence-corrected chi connectivity index (χ1v) is 8.20. The lowest BCUT2D eigenvalue weighted by atomic mass is 10.2. The van der Waals surface area contributed by atoms with E-state index in [0.717, 1.165) is 32.4 Å². The molecule has 23 heavy (non-hydrogen) atoms. The maximum atomic E-state index is 13.6. The van der Waals surface area contributed by atoms with Crippen molar-refractivity contribution in [3.63, 3.8) is 0 Å². The number of rotatable bonds is 7. The molecular weight excluding hydrogens is 297 g/mol. The van der Waals surface area contributed by atoms with Gasteiger partial charge in [-0.1, -0.05) is 19.1 Å². The summed E-state index contributed by atoms with van der Waals surface area (Å²) in [5.74, 6) is 0.645. The highest BCUT2D eigenvalue weighted by Crippen LogP contribution is 2.17. The van der Waals surface area contributed by atoms with Crippen molar-refractivity contribution in [2.24, 2.45) is 4.99 Å². The Hall–Kier alpha value is -1.82. The standard InChI is InChI=1S/C17H26FN3O2/c1-3-13(23-16-9-5-4-8-15(16)18)11-20-17(19-2)21-12-14-7-6-10-22-14/h4-5,8-9,13-14H,3,6-7,10-12H2,1-2H3,(H2,19,20,21). The van der Waals surface area contributed by atoms with Crippen LogP contribution in [0.3, 0.4) is 0 Å². The third-order valence-corrected chi connectivity index (χ3v) is 3.83. The first-order valence-electron chi connectivity index (χ1n) is 8.20. The van der Waals surface area contributed by atoms with Crippen molar-refractivity contribution in [3.8, 4) is 5.75 Å². The van der Waals surface area contributed by atoms with Crippen molar-refractivity contribution in [1.29, 1.82) is 0 Å². The van der Waals surface area contributed by atoms with E-state index in [0.29, 0.717) is 12.5 Å². The van der Waals surface area contributed by atoms with Crippen LogP contribution < -0.4 is 15.4 Å². The molecule has 2 rings (SSSR count). The molecule has 1 saturated heterocycles. The first kappa shape index (κ1) is 17.5. The van der Waals surface area contributed by atoms with E-state index < -0.39 is 0 Å². The molecule has 0 amide bonds. The monoisotopic (exact) mass is 323 g/mol. The van der Waals surface area contributed by atoms with Crippen LogP contribution in [0.25, 0.3) is 0 Å². The number of halogens is 1. The van der Waals surface area contributed by atoms with Gasteiger partial charge in [0.15, 0.2) is 17.5 Å². The molecule has 0 spiro atoms. The number of hydrogen-bond donors (Lipinski definition) is 2. The smallest absolute Gasteiger partial charge is 0.191 e. The molecule has 2 N–H and O–H groups in total. The lowest BCUT2D eigenvalue weighted by molar-refractivity contribution is 0.113. The number of hydrogen-bond acceptors (Lipinski definition) is 3. The number of nitrogens with zero attached hydrogens (tertiary/aromatic N) is 1. The van der Waals surface area contributed by atoms with Crippen LogP contribution in [0.5, 0.6) is 5.75 Å². The van der Waals surface area contributed by atoms with E-state index in [1.807, 2.05) is 6.92 Å². The zero-order chi connectivity index (χ0) is 16.5. The molecule has 0 aromatic heterocycles. The normalized spacial score (nSPS) is 19.4. The van der Waals surface area contributed by atoms with Gasteiger partial charge in [-0.05, 0) is 31.4 Å². The predicted molar refractivity (Wildman–Crippen MR) is 89.4 cm³/mol. The molecule has 0 bridgehead atoms. The molecule has 1 aliphatic rings. The van der Waals surface area contributed by atoms with Crippen LogP contribution in [-0.4, -0.2) is 44.9 Å². The second kappa shape index (κ2) is 9.35. The number of guanidine groups is 1. The molecule has 2 atom stereocenters. The van der Waals surface area contributed by atoms with E-state index in [-0.39, 0.29) is 23.8 Å². The molecule has 1 aromatic rings. The van der Waals surface area contributed by atoms with E-state index >= 15 is 0 Å². The number of para-hydroxylation sites is 1. The van der Waals surface area contributed by atoms with Gasteiger partial charge in [-0.2, -0.15) is 0 Å². The summed E-state index contributed by atoms with van der Waals surface area (Å²) >= 11 is 0. The average molecular weight is 323 g/mol. The van der Waals surface area contributed by atoms with E-state index in [9.17, 15) is 4.39 Å². The molecule has 0 aliphatic carbocycles. The predicted octanol–water partition coefficient (Wildman–Crippen LogP) is 2.33. The van der Waals surface area contributed by atoms with Crippen LogP contribution in [0.2, 0.25) is 0 Å². The van der Waals surface area contributed by atoms with Crippen molar-refractivity contribution in [2.45, 2.75) is 38.4 Å². The Morgan fingerprint density at radius 2 is 2.26 bits per heavy atom. The highest BCUT2D eigenvalue weighted by Gasteiger charge is 2.16. The van der Waals surface area contributed by atoms with Gasteiger partial charge < -0.3 is 20.1 Å². The summed E-state index contributed by atoms with van der Waals surface area (Å²) in [5, 5.41) is 6.47. The summed E-state index contributed by atoms with van der Waals surface area (Å²) < 4.78 is 24.9. The molecule has 1 heterocycles. The fraction of sp³-hybridized carbons (Fsp3) is 0.588. The molecule has 1 aliphatic heterocycles. The third-order valence-electron chi connectivity index (χ3n) is 3.83. The Bertz CT molecular complexity index is 504. The van der Waals surface area contributed by atoms with Gasteiger partial charge in [-0.25, -0.2) is 4.39 Å².